The molecule has 1 unspecified atom stereocenters. The molecule has 0 saturated carbocycles. The number of aliphatic carboxylic acids is 1. The summed E-state index contributed by atoms with van der Waals surface area (Å²) >= 11 is 0. The smallest absolute Gasteiger partial charge is 0.387 e. The van der Waals surface area contributed by atoms with Crippen LogP contribution in [0.5, 0.6) is 11.5 Å². The van der Waals surface area contributed by atoms with Crippen molar-refractivity contribution in [2.24, 2.45) is 0 Å². The number of hydrogen-bond donors (Lipinski definition) is 2. The quantitative estimate of drug-likeness (QED) is 0.800. The van der Waals surface area contributed by atoms with E-state index in [0.29, 0.717) is 12.1 Å². The van der Waals surface area contributed by atoms with Crippen LogP contribution < -0.4 is 14.8 Å². The summed E-state index contributed by atoms with van der Waals surface area (Å²) < 4.78 is 33.7. The molecule has 0 bridgehead atoms. The molecule has 1 aromatic carbocycles. The number of halogens is 2. The van der Waals surface area contributed by atoms with Crippen molar-refractivity contribution >= 4 is 11.7 Å². The topological polar surface area (TPSA) is 67.8 Å². The SMILES string of the molecule is CCC(Nc1ccc(OC)c(OC(F)F)c1)C(=O)O. The zero-order valence-electron chi connectivity index (χ0n) is 10.5. The predicted molar refractivity (Wildman–Crippen MR) is 65.0 cm³/mol. The number of nitrogens with one attached hydrogen (secondary N) is 1. The van der Waals surface area contributed by atoms with Crippen LogP contribution in [0.15, 0.2) is 18.2 Å². The number of carboxylic acids is 1. The molecule has 0 heterocycles. The molecule has 1 atom stereocenters. The van der Waals surface area contributed by atoms with Crippen LogP contribution in [-0.4, -0.2) is 30.8 Å². The molecule has 0 radical (unpaired) electrons. The van der Waals surface area contributed by atoms with Crippen LogP contribution >= 0.6 is 0 Å². The Kier molecular flexibility index (Phi) is 5.35. The van der Waals surface area contributed by atoms with Gasteiger partial charge in [0.25, 0.3) is 0 Å². The van der Waals surface area contributed by atoms with Gasteiger partial charge in [0, 0.05) is 11.8 Å². The minimum atomic E-state index is -2.98. The normalized spacial score (nSPS) is 12.1. The van der Waals surface area contributed by atoms with Gasteiger partial charge in [0.15, 0.2) is 11.5 Å². The molecule has 106 valence electrons. The highest BCUT2D eigenvalue weighted by atomic mass is 19.3. The van der Waals surface area contributed by atoms with Crippen molar-refractivity contribution in [1.82, 2.24) is 0 Å². The largest absolute Gasteiger partial charge is 0.493 e. The number of hydrogen-bond acceptors (Lipinski definition) is 4. The first kappa shape index (κ1) is 15.0. The van der Waals surface area contributed by atoms with E-state index in [0.717, 1.165) is 0 Å². The maximum Gasteiger partial charge on any atom is 0.387 e. The van der Waals surface area contributed by atoms with Crippen LogP contribution in [-0.2, 0) is 4.79 Å². The molecule has 2 N–H and O–H groups in total. The third kappa shape index (κ3) is 4.27. The van der Waals surface area contributed by atoms with Gasteiger partial charge in [-0.3, -0.25) is 0 Å². The molecule has 1 aromatic rings. The van der Waals surface area contributed by atoms with E-state index in [2.05, 4.69) is 10.1 Å². The van der Waals surface area contributed by atoms with Gasteiger partial charge < -0.3 is 19.9 Å². The first-order valence-corrected chi connectivity index (χ1v) is 5.60. The van der Waals surface area contributed by atoms with E-state index >= 15 is 0 Å². The standard InChI is InChI=1S/C12H15F2NO4/c1-3-8(11(16)17)15-7-4-5-9(18-2)10(6-7)19-12(13)14/h4-6,8,12,15H,3H2,1-2H3,(H,16,17). The monoisotopic (exact) mass is 275 g/mol. The molecule has 0 aliphatic carbocycles. The lowest BCUT2D eigenvalue weighted by Crippen LogP contribution is -2.28. The Hall–Kier alpha value is -2.05. The fraction of sp³-hybridized carbons (Fsp3) is 0.417. The minimum absolute atomic E-state index is 0.147. The zero-order chi connectivity index (χ0) is 14.4. The van der Waals surface area contributed by atoms with Gasteiger partial charge in [-0.25, -0.2) is 4.79 Å². The summed E-state index contributed by atoms with van der Waals surface area (Å²) in [6.07, 6.45) is 0.354. The molecule has 0 spiro atoms. The number of ether oxygens (including phenoxy) is 2. The predicted octanol–water partition coefficient (Wildman–Crippen LogP) is 2.57. The van der Waals surface area contributed by atoms with Crippen LogP contribution in [0.1, 0.15) is 13.3 Å². The summed E-state index contributed by atoms with van der Waals surface area (Å²) in [5.74, 6) is -1.02. The fourth-order valence-electron chi connectivity index (χ4n) is 1.49. The lowest BCUT2D eigenvalue weighted by molar-refractivity contribution is -0.137. The van der Waals surface area contributed by atoms with E-state index in [4.69, 9.17) is 9.84 Å². The Morgan fingerprint density at radius 1 is 1.42 bits per heavy atom. The Morgan fingerprint density at radius 3 is 2.58 bits per heavy atom. The lowest BCUT2D eigenvalue weighted by Gasteiger charge is -2.16. The van der Waals surface area contributed by atoms with Gasteiger partial charge in [0.05, 0.1) is 7.11 Å². The highest BCUT2D eigenvalue weighted by Gasteiger charge is 2.16. The average molecular weight is 275 g/mol. The van der Waals surface area contributed by atoms with Crippen molar-refractivity contribution in [3.05, 3.63) is 18.2 Å². The van der Waals surface area contributed by atoms with E-state index in [1.54, 1.807) is 6.92 Å². The maximum atomic E-state index is 12.2. The minimum Gasteiger partial charge on any atom is -0.493 e. The summed E-state index contributed by atoms with van der Waals surface area (Å²) in [5.41, 5.74) is 0.366. The maximum absolute atomic E-state index is 12.2. The van der Waals surface area contributed by atoms with Crippen molar-refractivity contribution in [1.29, 1.82) is 0 Å². The molecule has 5 nitrogen and oxygen atoms in total. The number of alkyl halides is 2. The van der Waals surface area contributed by atoms with Crippen LogP contribution in [0.4, 0.5) is 14.5 Å². The van der Waals surface area contributed by atoms with Crippen LogP contribution in [0.3, 0.4) is 0 Å². The average Bonchev–Trinajstić information content (AvgIpc) is 2.35. The van der Waals surface area contributed by atoms with Crippen LogP contribution in [0.2, 0.25) is 0 Å². The van der Waals surface area contributed by atoms with Crippen molar-refractivity contribution < 1.29 is 28.2 Å². The van der Waals surface area contributed by atoms with Gasteiger partial charge >= 0.3 is 12.6 Å². The van der Waals surface area contributed by atoms with Crippen molar-refractivity contribution in [3.63, 3.8) is 0 Å². The Balaban J connectivity index is 2.94. The van der Waals surface area contributed by atoms with Crippen LogP contribution in [0, 0.1) is 0 Å². The molecule has 19 heavy (non-hydrogen) atoms. The molecule has 0 aliphatic heterocycles. The van der Waals surface area contributed by atoms with Crippen molar-refractivity contribution in [2.45, 2.75) is 26.0 Å². The van der Waals surface area contributed by atoms with E-state index in [1.165, 1.54) is 25.3 Å². The van der Waals surface area contributed by atoms with Gasteiger partial charge in [-0.1, -0.05) is 6.92 Å². The highest BCUT2D eigenvalue weighted by molar-refractivity contribution is 5.77. The number of anilines is 1. The van der Waals surface area contributed by atoms with Gasteiger partial charge in [-0.05, 0) is 18.6 Å². The zero-order valence-corrected chi connectivity index (χ0v) is 10.5. The molecule has 0 fully saturated rings. The molecular weight excluding hydrogens is 260 g/mol. The summed E-state index contributed by atoms with van der Waals surface area (Å²) in [6.45, 7) is -1.28. The summed E-state index contributed by atoms with van der Waals surface area (Å²) in [6, 6.07) is 3.43. The Bertz CT molecular complexity index is 440. The molecule has 0 aliphatic rings. The first-order chi connectivity index (χ1) is 8.97. The van der Waals surface area contributed by atoms with Gasteiger partial charge in [-0.15, -0.1) is 0 Å². The molecule has 0 saturated heterocycles. The molecule has 7 heteroatoms. The van der Waals surface area contributed by atoms with E-state index in [1.807, 2.05) is 0 Å². The second-order valence-electron chi connectivity index (χ2n) is 3.69. The third-order valence-corrected chi connectivity index (χ3v) is 2.43. The molecule has 0 aromatic heterocycles. The highest BCUT2D eigenvalue weighted by Crippen LogP contribution is 2.31. The van der Waals surface area contributed by atoms with Gasteiger partial charge in [-0.2, -0.15) is 8.78 Å². The Labute approximate surface area is 109 Å². The Morgan fingerprint density at radius 2 is 2.11 bits per heavy atom. The number of benzene rings is 1. The van der Waals surface area contributed by atoms with Gasteiger partial charge in [0.1, 0.15) is 6.04 Å². The molecule has 1 rings (SSSR count). The van der Waals surface area contributed by atoms with Crippen molar-refractivity contribution in [3.8, 4) is 11.5 Å². The summed E-state index contributed by atoms with van der Waals surface area (Å²) in [5, 5.41) is 11.6. The number of methoxy groups -OCH3 is 1. The summed E-state index contributed by atoms with van der Waals surface area (Å²) in [4.78, 5) is 10.9. The number of carbonyl (C=O) groups is 1. The first-order valence-electron chi connectivity index (χ1n) is 5.60. The van der Waals surface area contributed by atoms with Crippen molar-refractivity contribution in [2.75, 3.05) is 12.4 Å². The number of rotatable bonds is 7. The van der Waals surface area contributed by atoms with Crippen LogP contribution in [0.25, 0.3) is 0 Å². The number of carboxylic acid groups (broad SMARTS) is 1. The second-order valence-corrected chi connectivity index (χ2v) is 3.69. The fourth-order valence-corrected chi connectivity index (χ4v) is 1.49. The summed E-state index contributed by atoms with van der Waals surface area (Å²) in [7, 11) is 1.33. The third-order valence-electron chi connectivity index (χ3n) is 2.43. The molecule has 0 amide bonds. The molecular formula is C12H15F2NO4. The van der Waals surface area contributed by atoms with Gasteiger partial charge in [0.2, 0.25) is 0 Å². The lowest BCUT2D eigenvalue weighted by atomic mass is 10.2. The van der Waals surface area contributed by atoms with E-state index < -0.39 is 18.6 Å². The second kappa shape index (κ2) is 6.77. The van der Waals surface area contributed by atoms with E-state index in [9.17, 15) is 13.6 Å². The van der Waals surface area contributed by atoms with E-state index in [-0.39, 0.29) is 11.5 Å².